The van der Waals surface area contributed by atoms with E-state index in [-0.39, 0.29) is 0 Å². The Labute approximate surface area is 335 Å². The van der Waals surface area contributed by atoms with Gasteiger partial charge in [-0.3, -0.25) is 0 Å². The number of para-hydroxylation sites is 2. The van der Waals surface area contributed by atoms with Gasteiger partial charge in [0.25, 0.3) is 0 Å². The van der Waals surface area contributed by atoms with Crippen LogP contribution < -0.4 is 4.90 Å². The van der Waals surface area contributed by atoms with Crippen LogP contribution in [0.3, 0.4) is 0 Å². The molecule has 0 N–H and O–H groups in total. The minimum absolute atomic E-state index is 0.646. The smallest absolute Gasteiger partial charge is 0.160 e. The van der Waals surface area contributed by atoms with E-state index in [1.54, 1.807) is 0 Å². The molecule has 0 unspecified atom stereocenters. The monoisotopic (exact) mass is 741 g/mol. The average molecular weight is 742 g/mol. The molecule has 2 aromatic heterocycles. The lowest BCUT2D eigenvalue weighted by Gasteiger charge is -2.26. The quantitative estimate of drug-likeness (QED) is 0.163. The standard InChI is InChI=1S/C54H35N3O/c1-3-13-36(14-4-1)38-25-29-43(30-26-38)57(44-31-27-39(28-32-44)37-15-5-2-6-16-37)45-20-11-19-42(33-45)54-55-50-24-10-9-21-47(50)52(56-54)48-23-12-22-46-49-34-40-17-7-8-18-41(40)35-51(49)58-53(46)48/h1-35H. The molecule has 4 heteroatoms. The van der Waals surface area contributed by atoms with Gasteiger partial charge in [-0.2, -0.15) is 0 Å². The van der Waals surface area contributed by atoms with Crippen molar-refractivity contribution in [1.29, 1.82) is 0 Å². The summed E-state index contributed by atoms with van der Waals surface area (Å²) < 4.78 is 6.70. The Morgan fingerprint density at radius 1 is 0.362 bits per heavy atom. The molecule has 0 bridgehead atoms. The molecule has 0 aliphatic heterocycles. The highest BCUT2D eigenvalue weighted by molar-refractivity contribution is 6.14. The molecule has 0 aliphatic rings. The van der Waals surface area contributed by atoms with E-state index in [9.17, 15) is 0 Å². The molecule has 0 spiro atoms. The molecule has 272 valence electrons. The van der Waals surface area contributed by atoms with E-state index >= 15 is 0 Å². The zero-order chi connectivity index (χ0) is 38.4. The van der Waals surface area contributed by atoms with E-state index < -0.39 is 0 Å². The second-order valence-electron chi connectivity index (χ2n) is 14.6. The summed E-state index contributed by atoms with van der Waals surface area (Å²) in [6.07, 6.45) is 0. The van der Waals surface area contributed by atoms with Gasteiger partial charge < -0.3 is 9.32 Å². The van der Waals surface area contributed by atoms with Gasteiger partial charge in [0.1, 0.15) is 11.2 Å². The van der Waals surface area contributed by atoms with Crippen LogP contribution in [0.4, 0.5) is 17.1 Å². The second kappa shape index (κ2) is 14.0. The topological polar surface area (TPSA) is 42.2 Å². The van der Waals surface area contributed by atoms with Crippen molar-refractivity contribution in [3.8, 4) is 44.9 Å². The fraction of sp³-hybridized carbons (Fsp3) is 0. The van der Waals surface area contributed by atoms with Crippen molar-refractivity contribution >= 4 is 60.7 Å². The number of benzene rings is 9. The van der Waals surface area contributed by atoms with Gasteiger partial charge in [0.15, 0.2) is 5.82 Å². The SMILES string of the molecule is c1ccc(-c2ccc(N(c3ccc(-c4ccccc4)cc3)c3cccc(-c4nc(-c5cccc6c5oc5cc7ccccc7cc56)c5ccccc5n4)c3)cc2)cc1. The predicted molar refractivity (Wildman–Crippen MR) is 241 cm³/mol. The second-order valence-corrected chi connectivity index (χ2v) is 14.6. The number of aromatic nitrogens is 2. The molecule has 0 saturated heterocycles. The van der Waals surface area contributed by atoms with Gasteiger partial charge in [0.2, 0.25) is 0 Å². The average Bonchev–Trinajstić information content (AvgIpc) is 3.67. The molecule has 0 radical (unpaired) electrons. The van der Waals surface area contributed by atoms with E-state index in [1.807, 2.05) is 12.1 Å². The van der Waals surface area contributed by atoms with Crippen LogP contribution in [0.25, 0.3) is 88.5 Å². The number of anilines is 3. The summed E-state index contributed by atoms with van der Waals surface area (Å²) in [5.74, 6) is 0.646. The summed E-state index contributed by atoms with van der Waals surface area (Å²) in [6.45, 7) is 0. The van der Waals surface area contributed by atoms with Crippen molar-refractivity contribution in [2.45, 2.75) is 0 Å². The van der Waals surface area contributed by atoms with Gasteiger partial charge in [0.05, 0.1) is 11.2 Å². The summed E-state index contributed by atoms with van der Waals surface area (Å²) in [7, 11) is 0. The Bertz CT molecular complexity index is 3180. The third kappa shape index (κ3) is 5.96. The highest BCUT2D eigenvalue weighted by atomic mass is 16.3. The van der Waals surface area contributed by atoms with Gasteiger partial charge in [-0.1, -0.05) is 152 Å². The Hall–Kier alpha value is -7.82. The van der Waals surface area contributed by atoms with Crippen molar-refractivity contribution in [3.63, 3.8) is 0 Å². The highest BCUT2D eigenvalue weighted by Crippen LogP contribution is 2.41. The minimum Gasteiger partial charge on any atom is -0.455 e. The van der Waals surface area contributed by atoms with Crippen LogP contribution in [-0.4, -0.2) is 9.97 Å². The zero-order valence-electron chi connectivity index (χ0n) is 31.5. The van der Waals surface area contributed by atoms with Gasteiger partial charge >= 0.3 is 0 Å². The summed E-state index contributed by atoms with van der Waals surface area (Å²) in [5, 5.41) is 5.47. The molecular weight excluding hydrogens is 707 g/mol. The van der Waals surface area contributed by atoms with E-state index in [0.717, 1.165) is 72.1 Å². The maximum Gasteiger partial charge on any atom is 0.160 e. The fourth-order valence-corrected chi connectivity index (χ4v) is 8.18. The predicted octanol–water partition coefficient (Wildman–Crippen LogP) is 14.8. The Morgan fingerprint density at radius 2 is 0.914 bits per heavy atom. The first-order valence-corrected chi connectivity index (χ1v) is 19.6. The molecule has 0 atom stereocenters. The third-order valence-corrected chi connectivity index (χ3v) is 11.1. The first kappa shape index (κ1) is 33.5. The molecule has 0 amide bonds. The summed E-state index contributed by atoms with van der Waals surface area (Å²) in [5.41, 5.74) is 13.1. The molecule has 11 rings (SSSR count). The maximum atomic E-state index is 6.70. The van der Waals surface area contributed by atoms with Crippen molar-refractivity contribution in [3.05, 3.63) is 212 Å². The lowest BCUT2D eigenvalue weighted by molar-refractivity contribution is 0.670. The fourth-order valence-electron chi connectivity index (χ4n) is 8.18. The lowest BCUT2D eigenvalue weighted by Crippen LogP contribution is -2.10. The number of hydrogen-bond donors (Lipinski definition) is 0. The molecule has 0 fully saturated rings. The number of nitrogens with zero attached hydrogens (tertiary/aromatic N) is 3. The largest absolute Gasteiger partial charge is 0.455 e. The van der Waals surface area contributed by atoms with Crippen LogP contribution in [-0.2, 0) is 0 Å². The van der Waals surface area contributed by atoms with Crippen molar-refractivity contribution in [2.24, 2.45) is 0 Å². The number of rotatable bonds is 7. The van der Waals surface area contributed by atoms with Crippen LogP contribution in [0.5, 0.6) is 0 Å². The maximum absolute atomic E-state index is 6.70. The summed E-state index contributed by atoms with van der Waals surface area (Å²) in [4.78, 5) is 12.8. The molecule has 9 aromatic carbocycles. The van der Waals surface area contributed by atoms with Crippen molar-refractivity contribution in [1.82, 2.24) is 9.97 Å². The highest BCUT2D eigenvalue weighted by Gasteiger charge is 2.20. The van der Waals surface area contributed by atoms with E-state index in [1.165, 1.54) is 27.6 Å². The first-order chi connectivity index (χ1) is 28.7. The first-order valence-electron chi connectivity index (χ1n) is 19.6. The molecular formula is C54H35N3O. The lowest BCUT2D eigenvalue weighted by atomic mass is 10.0. The number of hydrogen-bond acceptors (Lipinski definition) is 4. The van der Waals surface area contributed by atoms with Crippen molar-refractivity contribution < 1.29 is 4.42 Å². The Kier molecular flexibility index (Phi) is 8.11. The van der Waals surface area contributed by atoms with Crippen LogP contribution in [0.1, 0.15) is 0 Å². The molecule has 4 nitrogen and oxygen atoms in total. The van der Waals surface area contributed by atoms with Gasteiger partial charge in [-0.15, -0.1) is 0 Å². The molecule has 58 heavy (non-hydrogen) atoms. The van der Waals surface area contributed by atoms with E-state index in [0.29, 0.717) is 5.82 Å². The Morgan fingerprint density at radius 3 is 1.60 bits per heavy atom. The number of fused-ring (bicyclic) bond motifs is 5. The normalized spacial score (nSPS) is 11.4. The molecule has 11 aromatic rings. The minimum atomic E-state index is 0.646. The van der Waals surface area contributed by atoms with Gasteiger partial charge in [-0.05, 0) is 93.7 Å². The van der Waals surface area contributed by atoms with E-state index in [4.69, 9.17) is 14.4 Å². The van der Waals surface area contributed by atoms with Crippen LogP contribution >= 0.6 is 0 Å². The molecule has 0 saturated carbocycles. The van der Waals surface area contributed by atoms with Crippen LogP contribution in [0.15, 0.2) is 217 Å². The number of furan rings is 1. The molecule has 0 aliphatic carbocycles. The zero-order valence-corrected chi connectivity index (χ0v) is 31.5. The third-order valence-electron chi connectivity index (χ3n) is 11.1. The van der Waals surface area contributed by atoms with Gasteiger partial charge in [-0.25, -0.2) is 9.97 Å². The Balaban J connectivity index is 1.05. The summed E-state index contributed by atoms with van der Waals surface area (Å²) in [6, 6.07) is 74.5. The van der Waals surface area contributed by atoms with Crippen molar-refractivity contribution in [2.75, 3.05) is 4.90 Å². The summed E-state index contributed by atoms with van der Waals surface area (Å²) >= 11 is 0. The van der Waals surface area contributed by atoms with Crippen LogP contribution in [0, 0.1) is 0 Å². The van der Waals surface area contributed by atoms with E-state index in [2.05, 4.69) is 205 Å². The van der Waals surface area contributed by atoms with Gasteiger partial charge in [0, 0.05) is 44.3 Å². The molecule has 2 heterocycles. The van der Waals surface area contributed by atoms with Crippen LogP contribution in [0.2, 0.25) is 0 Å².